The Morgan fingerprint density at radius 3 is 1.67 bits per heavy atom. The Labute approximate surface area is 255 Å². The van der Waals surface area contributed by atoms with Crippen LogP contribution in [0, 0.1) is 27.7 Å². The van der Waals surface area contributed by atoms with Crippen LogP contribution in [0.5, 0.6) is 23.0 Å². The second kappa shape index (κ2) is 15.9. The minimum absolute atomic E-state index is 0.159. The van der Waals surface area contributed by atoms with Gasteiger partial charge in [-0.25, -0.2) is 16.8 Å². The molecule has 0 bridgehead atoms. The minimum Gasteiger partial charge on any atom is -0.748 e. The monoisotopic (exact) mass is 670 g/mol. The molecular formula is C26H38O12S4-2. The first-order chi connectivity index (χ1) is 19.7. The third-order valence-electron chi connectivity index (χ3n) is 6.21. The molecule has 16 heteroatoms. The summed E-state index contributed by atoms with van der Waals surface area (Å²) in [6, 6.07) is 0. The molecule has 2 aromatic rings. The average molecular weight is 671 g/mol. The maximum Gasteiger partial charge on any atom is 0.175 e. The normalized spacial score (nSPS) is 17.0. The number of unbranched alkanes of at least 4 members (excludes halogenated alkanes) is 2. The zero-order valence-corrected chi connectivity index (χ0v) is 27.4. The smallest absolute Gasteiger partial charge is 0.175 e. The van der Waals surface area contributed by atoms with Crippen molar-refractivity contribution in [1.29, 1.82) is 0 Å². The first kappa shape index (κ1) is 34.8. The van der Waals surface area contributed by atoms with E-state index in [9.17, 15) is 25.9 Å². The molecule has 2 aliphatic rings. The highest BCUT2D eigenvalue weighted by Gasteiger charge is 2.26. The highest BCUT2D eigenvalue weighted by Crippen LogP contribution is 2.44. The molecule has 0 N–H and O–H groups in total. The van der Waals surface area contributed by atoms with Crippen molar-refractivity contribution in [3.63, 3.8) is 0 Å². The average Bonchev–Trinajstić information content (AvgIpc) is 3.21. The molecule has 12 nitrogen and oxygen atoms in total. The molecular weight excluding hydrogens is 633 g/mol. The van der Waals surface area contributed by atoms with E-state index in [4.69, 9.17) is 28.4 Å². The Morgan fingerprint density at radius 2 is 1.14 bits per heavy atom. The van der Waals surface area contributed by atoms with Gasteiger partial charge in [0.15, 0.2) is 29.1 Å². The molecule has 1 atom stereocenters. The summed E-state index contributed by atoms with van der Waals surface area (Å²) in [5.74, 6) is 2.53. The molecule has 1 unspecified atom stereocenters. The van der Waals surface area contributed by atoms with Crippen LogP contribution in [-0.4, -0.2) is 89.3 Å². The maximum atomic E-state index is 10.5. The summed E-state index contributed by atoms with van der Waals surface area (Å²) in [5, 5.41) is 0. The Bertz CT molecular complexity index is 1320. The molecule has 0 spiro atoms. The molecule has 2 aromatic heterocycles. The highest BCUT2D eigenvalue weighted by atomic mass is 32.2. The van der Waals surface area contributed by atoms with E-state index in [1.165, 1.54) is 0 Å². The zero-order valence-electron chi connectivity index (χ0n) is 24.2. The van der Waals surface area contributed by atoms with Crippen LogP contribution in [0.4, 0.5) is 0 Å². The van der Waals surface area contributed by atoms with Gasteiger partial charge in [-0.15, -0.1) is 22.7 Å². The molecule has 240 valence electrons. The van der Waals surface area contributed by atoms with Gasteiger partial charge in [-0.3, -0.25) is 0 Å². The van der Waals surface area contributed by atoms with E-state index in [1.54, 1.807) is 22.7 Å². The lowest BCUT2D eigenvalue weighted by atomic mass is 10.3. The summed E-state index contributed by atoms with van der Waals surface area (Å²) >= 11 is 3.29. The molecule has 0 saturated heterocycles. The van der Waals surface area contributed by atoms with E-state index in [0.29, 0.717) is 65.3 Å². The Balaban J connectivity index is 0.000000230. The van der Waals surface area contributed by atoms with E-state index in [2.05, 4.69) is 0 Å². The SMILES string of the molecule is Cc1sc(C)c2c1OCC(COCCCCS(=O)(=O)[O-])O2.Cc1sc(C)c2c1OCC(OCCCCS(=O)(=O)[O-])CO2. The van der Waals surface area contributed by atoms with Crippen LogP contribution < -0.4 is 18.9 Å². The van der Waals surface area contributed by atoms with Crippen molar-refractivity contribution in [1.82, 2.24) is 0 Å². The molecule has 0 fully saturated rings. The fourth-order valence-electron chi connectivity index (χ4n) is 4.21. The van der Waals surface area contributed by atoms with Crippen LogP contribution in [-0.2, 0) is 29.7 Å². The van der Waals surface area contributed by atoms with Gasteiger partial charge in [-0.1, -0.05) is 0 Å². The number of hydrogen-bond acceptors (Lipinski definition) is 14. The second-order valence-corrected chi connectivity index (χ2v) is 15.8. The van der Waals surface area contributed by atoms with Gasteiger partial charge in [0.1, 0.15) is 25.9 Å². The summed E-state index contributed by atoms with van der Waals surface area (Å²) in [7, 11) is -8.24. The third-order valence-corrected chi connectivity index (χ3v) is 9.75. The van der Waals surface area contributed by atoms with Gasteiger partial charge in [0, 0.05) is 44.2 Å². The summed E-state index contributed by atoms with van der Waals surface area (Å²) in [4.78, 5) is 4.38. The highest BCUT2D eigenvalue weighted by molar-refractivity contribution is 7.85. The van der Waals surface area contributed by atoms with E-state index in [0.717, 1.165) is 42.5 Å². The number of fused-ring (bicyclic) bond motifs is 2. The molecule has 2 aliphatic heterocycles. The van der Waals surface area contributed by atoms with Crippen molar-refractivity contribution in [2.24, 2.45) is 0 Å². The quantitative estimate of drug-likeness (QED) is 0.224. The molecule has 42 heavy (non-hydrogen) atoms. The molecule has 0 aromatic carbocycles. The first-order valence-corrected chi connectivity index (χ1v) is 18.3. The van der Waals surface area contributed by atoms with Crippen LogP contribution in [0.15, 0.2) is 0 Å². The van der Waals surface area contributed by atoms with Gasteiger partial charge < -0.3 is 37.5 Å². The Hall–Kier alpha value is -1.66. The minimum atomic E-state index is -4.13. The largest absolute Gasteiger partial charge is 0.748 e. The predicted molar refractivity (Wildman–Crippen MR) is 157 cm³/mol. The lowest BCUT2D eigenvalue weighted by Gasteiger charge is -2.25. The predicted octanol–water partition coefficient (Wildman–Crippen LogP) is 3.69. The maximum absolute atomic E-state index is 10.5. The Kier molecular flexibility index (Phi) is 13.2. The number of aryl methyl sites for hydroxylation is 4. The number of thiophene rings is 2. The number of ether oxygens (including phenoxy) is 6. The molecule has 0 amide bonds. The van der Waals surface area contributed by atoms with E-state index >= 15 is 0 Å². The van der Waals surface area contributed by atoms with Crippen LogP contribution in [0.2, 0.25) is 0 Å². The fourth-order valence-corrected chi connectivity index (χ4v) is 7.21. The van der Waals surface area contributed by atoms with E-state index in [1.807, 2.05) is 27.7 Å². The summed E-state index contributed by atoms with van der Waals surface area (Å²) < 4.78 is 96.8. The molecule has 0 radical (unpaired) electrons. The third kappa shape index (κ3) is 11.4. The van der Waals surface area contributed by atoms with Crippen LogP contribution in [0.3, 0.4) is 0 Å². The summed E-state index contributed by atoms with van der Waals surface area (Å²) in [5.41, 5.74) is 0. The lowest BCUT2D eigenvalue weighted by Crippen LogP contribution is -2.33. The fraction of sp³-hybridized carbons (Fsp3) is 0.692. The van der Waals surface area contributed by atoms with Gasteiger partial charge in [0.25, 0.3) is 0 Å². The van der Waals surface area contributed by atoms with Crippen LogP contribution in [0.1, 0.15) is 45.2 Å². The number of hydrogen-bond donors (Lipinski definition) is 0. The topological polar surface area (TPSA) is 170 Å². The van der Waals surface area contributed by atoms with Crippen molar-refractivity contribution < 1.29 is 54.4 Å². The molecule has 4 rings (SSSR count). The van der Waals surface area contributed by atoms with Crippen LogP contribution >= 0.6 is 22.7 Å². The van der Waals surface area contributed by atoms with Gasteiger partial charge in [-0.2, -0.15) is 0 Å². The lowest BCUT2D eigenvalue weighted by molar-refractivity contribution is 0.00148. The van der Waals surface area contributed by atoms with Crippen molar-refractivity contribution in [2.45, 2.75) is 65.6 Å². The molecule has 0 saturated carbocycles. The van der Waals surface area contributed by atoms with Gasteiger partial charge >= 0.3 is 0 Å². The van der Waals surface area contributed by atoms with Gasteiger partial charge in [-0.05, 0) is 53.4 Å². The standard InChI is InChI=1S/2C13H20O6S2/c1-9-12-13(10(2)20-9)19-8-11(7-18-12)17-5-3-4-6-21(14,15)16;1-9-12-13(10(2)20-9)19-11(8-18-12)7-17-5-3-4-6-21(14,15)16/h2*11H,3-8H2,1-2H3,(H,14,15,16)/p-2. The Morgan fingerprint density at radius 1 is 0.690 bits per heavy atom. The number of rotatable bonds is 13. The van der Waals surface area contributed by atoms with Gasteiger partial charge in [0.2, 0.25) is 0 Å². The van der Waals surface area contributed by atoms with Crippen molar-refractivity contribution >= 4 is 42.9 Å². The van der Waals surface area contributed by atoms with Crippen LogP contribution in [0.25, 0.3) is 0 Å². The van der Waals surface area contributed by atoms with Crippen molar-refractivity contribution in [3.8, 4) is 23.0 Å². The summed E-state index contributed by atoms with van der Waals surface area (Å²) in [6.45, 7) is 10.4. The second-order valence-electron chi connectivity index (χ2n) is 9.92. The van der Waals surface area contributed by atoms with E-state index < -0.39 is 20.2 Å². The van der Waals surface area contributed by atoms with Crippen molar-refractivity contribution in [3.05, 3.63) is 19.5 Å². The van der Waals surface area contributed by atoms with E-state index in [-0.39, 0.29) is 23.7 Å². The van der Waals surface area contributed by atoms with Gasteiger partial charge in [0.05, 0.1) is 26.8 Å². The molecule has 4 heterocycles. The first-order valence-electron chi connectivity index (χ1n) is 13.5. The van der Waals surface area contributed by atoms with Crippen molar-refractivity contribution in [2.75, 3.05) is 51.1 Å². The summed E-state index contributed by atoms with van der Waals surface area (Å²) in [6.07, 6.45) is 1.35. The molecule has 0 aliphatic carbocycles. The zero-order chi connectivity index (χ0) is 30.9.